The van der Waals surface area contributed by atoms with E-state index in [1.165, 1.54) is 18.6 Å². The molecule has 0 radical (unpaired) electrons. The van der Waals surface area contributed by atoms with Crippen LogP contribution in [0.4, 0.5) is 0 Å². The Bertz CT molecular complexity index is 544. The van der Waals surface area contributed by atoms with Crippen molar-refractivity contribution in [3.05, 3.63) is 24.3 Å². The number of carboxylic acid groups (broad SMARTS) is 3. The number of aliphatic hydroxyl groups is 1. The Labute approximate surface area is 123 Å². The molecule has 0 aliphatic rings. The van der Waals surface area contributed by atoms with E-state index < -0.39 is 42.3 Å². The first-order valence-corrected chi connectivity index (χ1v) is 5.53. The van der Waals surface area contributed by atoms with Crippen LogP contribution in [0.15, 0.2) is 18.6 Å². The second kappa shape index (κ2) is 8.26. The lowest BCUT2D eigenvalue weighted by Gasteiger charge is -2.18. The van der Waals surface area contributed by atoms with Crippen molar-refractivity contribution < 1.29 is 39.6 Å². The first-order valence-electron chi connectivity index (χ1n) is 5.53. The molecule has 11 nitrogen and oxygen atoms in total. The standard InChI is InChI=1S/C6H8O7.C5H5N3O/c7-3(8)1-6(13,5(11)12)2-4(9)10;6-5(9)4-3-7-1-2-8-4/h13H,1-2H2,(H,7,8)(H,9,10)(H,11,12);1-3H,(H2,6,9). The van der Waals surface area contributed by atoms with Crippen molar-refractivity contribution in [1.82, 2.24) is 9.97 Å². The molecule has 1 aromatic heterocycles. The summed E-state index contributed by atoms with van der Waals surface area (Å²) in [5.41, 5.74) is 2.33. The van der Waals surface area contributed by atoms with Crippen molar-refractivity contribution in [3.8, 4) is 0 Å². The highest BCUT2D eigenvalue weighted by atomic mass is 16.4. The Morgan fingerprint density at radius 2 is 1.55 bits per heavy atom. The van der Waals surface area contributed by atoms with Gasteiger partial charge in [-0.15, -0.1) is 0 Å². The van der Waals surface area contributed by atoms with Gasteiger partial charge in [0.25, 0.3) is 5.91 Å². The third-order valence-corrected chi connectivity index (χ3v) is 2.10. The van der Waals surface area contributed by atoms with Crippen LogP contribution in [0, 0.1) is 0 Å². The predicted molar refractivity (Wildman–Crippen MR) is 67.6 cm³/mol. The van der Waals surface area contributed by atoms with Crippen LogP contribution >= 0.6 is 0 Å². The fourth-order valence-corrected chi connectivity index (χ4v) is 1.14. The van der Waals surface area contributed by atoms with Gasteiger partial charge in [-0.05, 0) is 0 Å². The molecule has 0 aromatic carbocycles. The maximum Gasteiger partial charge on any atom is 0.336 e. The minimum atomic E-state index is -2.74. The molecular weight excluding hydrogens is 302 g/mol. The van der Waals surface area contributed by atoms with E-state index in [-0.39, 0.29) is 5.69 Å². The molecule has 0 spiro atoms. The monoisotopic (exact) mass is 315 g/mol. The lowest BCUT2D eigenvalue weighted by Crippen LogP contribution is -2.42. The molecule has 1 heterocycles. The van der Waals surface area contributed by atoms with Gasteiger partial charge < -0.3 is 26.2 Å². The van der Waals surface area contributed by atoms with Gasteiger partial charge in [-0.2, -0.15) is 0 Å². The number of carbonyl (C=O) groups is 4. The van der Waals surface area contributed by atoms with Gasteiger partial charge in [0.2, 0.25) is 0 Å². The first kappa shape index (κ1) is 18.9. The molecule has 0 saturated heterocycles. The maximum atomic E-state index is 10.3. The zero-order valence-corrected chi connectivity index (χ0v) is 11.0. The zero-order chi connectivity index (χ0) is 17.3. The highest BCUT2D eigenvalue weighted by molar-refractivity contribution is 5.90. The molecule has 1 aromatic rings. The number of nitrogens with two attached hydrogens (primary N) is 1. The van der Waals surface area contributed by atoms with E-state index in [0.29, 0.717) is 0 Å². The topological polar surface area (TPSA) is 201 Å². The number of carboxylic acids is 3. The minimum Gasteiger partial charge on any atom is -0.481 e. The van der Waals surface area contributed by atoms with Gasteiger partial charge in [-0.1, -0.05) is 0 Å². The summed E-state index contributed by atoms with van der Waals surface area (Å²) in [6, 6.07) is 0. The molecule has 1 amide bonds. The second-order valence-electron chi connectivity index (χ2n) is 3.93. The van der Waals surface area contributed by atoms with Crippen molar-refractivity contribution in [2.45, 2.75) is 18.4 Å². The molecule has 0 atom stereocenters. The van der Waals surface area contributed by atoms with E-state index in [9.17, 15) is 19.2 Å². The normalized spacial score (nSPS) is 10.0. The highest BCUT2D eigenvalue weighted by Crippen LogP contribution is 2.15. The van der Waals surface area contributed by atoms with Gasteiger partial charge in [0.15, 0.2) is 5.60 Å². The van der Waals surface area contributed by atoms with Crippen LogP contribution in [0.1, 0.15) is 23.3 Å². The number of hydrogen-bond acceptors (Lipinski definition) is 7. The Kier molecular flexibility index (Phi) is 7.10. The highest BCUT2D eigenvalue weighted by Gasteiger charge is 2.40. The number of rotatable bonds is 6. The fourth-order valence-electron chi connectivity index (χ4n) is 1.14. The average Bonchev–Trinajstić information content (AvgIpc) is 2.38. The Balaban J connectivity index is 0.000000425. The first-order chi connectivity index (χ1) is 10.1. The number of aliphatic carboxylic acids is 3. The van der Waals surface area contributed by atoms with E-state index in [1.54, 1.807) is 0 Å². The second-order valence-corrected chi connectivity index (χ2v) is 3.93. The van der Waals surface area contributed by atoms with Gasteiger partial charge in [-0.3, -0.25) is 19.4 Å². The van der Waals surface area contributed by atoms with Crippen LogP contribution in [-0.2, 0) is 14.4 Å². The molecule has 0 aliphatic carbocycles. The van der Waals surface area contributed by atoms with Crippen molar-refractivity contribution in [3.63, 3.8) is 0 Å². The van der Waals surface area contributed by atoms with Gasteiger partial charge in [0.05, 0.1) is 19.0 Å². The third-order valence-electron chi connectivity index (χ3n) is 2.10. The summed E-state index contributed by atoms with van der Waals surface area (Å²) in [4.78, 5) is 48.1. The smallest absolute Gasteiger partial charge is 0.336 e. The van der Waals surface area contributed by atoms with Gasteiger partial charge in [0.1, 0.15) is 5.69 Å². The minimum absolute atomic E-state index is 0.192. The van der Waals surface area contributed by atoms with E-state index in [4.69, 9.17) is 26.2 Å². The summed E-state index contributed by atoms with van der Waals surface area (Å²) in [7, 11) is 0. The quantitative estimate of drug-likeness (QED) is 0.403. The summed E-state index contributed by atoms with van der Waals surface area (Å²) >= 11 is 0. The SMILES string of the molecule is NC(=O)c1cnccn1.O=C(O)CC(O)(CC(=O)O)C(=O)O. The molecule has 0 bridgehead atoms. The Morgan fingerprint density at radius 3 is 1.77 bits per heavy atom. The number of carbonyl (C=O) groups excluding carboxylic acids is 1. The van der Waals surface area contributed by atoms with E-state index in [2.05, 4.69) is 9.97 Å². The van der Waals surface area contributed by atoms with Crippen molar-refractivity contribution in [2.24, 2.45) is 5.73 Å². The number of amides is 1. The number of nitrogens with zero attached hydrogens (tertiary/aromatic N) is 2. The predicted octanol–water partition coefficient (Wildman–Crippen LogP) is -1.67. The summed E-state index contributed by atoms with van der Waals surface area (Å²) in [6.45, 7) is 0. The molecular formula is C11H13N3O8. The molecule has 0 saturated carbocycles. The lowest BCUT2D eigenvalue weighted by molar-refractivity contribution is -0.170. The number of primary amides is 1. The van der Waals surface area contributed by atoms with Crippen molar-refractivity contribution >= 4 is 23.8 Å². The van der Waals surface area contributed by atoms with Crippen LogP contribution in [-0.4, -0.2) is 59.8 Å². The Hall–Kier alpha value is -3.08. The average molecular weight is 315 g/mol. The molecule has 22 heavy (non-hydrogen) atoms. The third kappa shape index (κ3) is 6.91. The molecule has 11 heteroatoms. The van der Waals surface area contributed by atoms with Gasteiger partial charge in [0, 0.05) is 12.4 Å². The molecule has 0 fully saturated rings. The molecule has 0 aliphatic heterocycles. The van der Waals surface area contributed by atoms with Crippen LogP contribution in [0.3, 0.4) is 0 Å². The number of aromatic nitrogens is 2. The van der Waals surface area contributed by atoms with Crippen LogP contribution < -0.4 is 5.73 Å². The van der Waals surface area contributed by atoms with E-state index >= 15 is 0 Å². The molecule has 6 N–H and O–H groups in total. The number of hydrogen-bond donors (Lipinski definition) is 5. The van der Waals surface area contributed by atoms with Crippen LogP contribution in [0.25, 0.3) is 0 Å². The van der Waals surface area contributed by atoms with Crippen LogP contribution in [0.2, 0.25) is 0 Å². The van der Waals surface area contributed by atoms with Crippen LogP contribution in [0.5, 0.6) is 0 Å². The summed E-state index contributed by atoms with van der Waals surface area (Å²) in [5.74, 6) is -5.57. The van der Waals surface area contributed by atoms with Crippen molar-refractivity contribution in [1.29, 1.82) is 0 Å². The Morgan fingerprint density at radius 1 is 1.05 bits per heavy atom. The summed E-state index contributed by atoms with van der Waals surface area (Å²) < 4.78 is 0. The fraction of sp³-hybridized carbons (Fsp3) is 0.273. The van der Waals surface area contributed by atoms with E-state index in [1.807, 2.05) is 0 Å². The molecule has 0 unspecified atom stereocenters. The summed E-state index contributed by atoms with van der Waals surface area (Å²) in [6.07, 6.45) is 1.93. The molecule has 120 valence electrons. The maximum absolute atomic E-state index is 10.3. The zero-order valence-electron chi connectivity index (χ0n) is 11.0. The lowest BCUT2D eigenvalue weighted by atomic mass is 9.96. The summed E-state index contributed by atoms with van der Waals surface area (Å²) in [5, 5.41) is 33.8. The van der Waals surface area contributed by atoms with E-state index in [0.717, 1.165) is 0 Å². The van der Waals surface area contributed by atoms with Gasteiger partial charge >= 0.3 is 17.9 Å². The largest absolute Gasteiger partial charge is 0.481 e. The molecule has 1 rings (SSSR count). The van der Waals surface area contributed by atoms with Gasteiger partial charge in [-0.25, -0.2) is 9.78 Å². The van der Waals surface area contributed by atoms with Crippen molar-refractivity contribution in [2.75, 3.05) is 0 Å².